The van der Waals surface area contributed by atoms with Gasteiger partial charge in [-0.2, -0.15) is 9.78 Å². The van der Waals surface area contributed by atoms with E-state index in [1.54, 1.807) is 49.1 Å². The van der Waals surface area contributed by atoms with Gasteiger partial charge in [0.25, 0.3) is 0 Å². The molecule has 6 rings (SSSR count). The van der Waals surface area contributed by atoms with Gasteiger partial charge in [-0.05, 0) is 76.3 Å². The highest BCUT2D eigenvalue weighted by Crippen LogP contribution is 2.57. The van der Waals surface area contributed by atoms with Crippen molar-refractivity contribution in [1.82, 2.24) is 25.8 Å². The van der Waals surface area contributed by atoms with Gasteiger partial charge in [0, 0.05) is 93.5 Å². The zero-order valence-corrected chi connectivity index (χ0v) is 38.1. The highest BCUT2D eigenvalue weighted by Gasteiger charge is 2.62. The number of hydrogen-bond donors (Lipinski definition) is 3. The van der Waals surface area contributed by atoms with Crippen molar-refractivity contribution >= 4 is 40.7 Å². The maximum atomic E-state index is 13.5. The maximum Gasteiger partial charge on any atom is 0.508 e. The SMILES string of the molecule is CC1CC2CC(C)C3(OOC(CCOC(=O)OC(C)(C)CC(NC(=O)N4CCOCC4)C(=O)NC/C=C/S(=O)c4ccccc4)(CCC(=O)NCCCN4CCCC4=O)O3)C(C1)C2. The van der Waals surface area contributed by atoms with Crippen LogP contribution in [0.15, 0.2) is 46.7 Å². The van der Waals surface area contributed by atoms with E-state index in [4.69, 9.17) is 28.7 Å². The van der Waals surface area contributed by atoms with Crippen LogP contribution in [-0.2, 0) is 53.9 Å². The van der Waals surface area contributed by atoms with E-state index in [0.29, 0.717) is 69.0 Å². The first-order valence-corrected chi connectivity index (χ1v) is 23.9. The quantitative estimate of drug-likeness (QED) is 0.0964. The maximum absolute atomic E-state index is 13.5. The van der Waals surface area contributed by atoms with Crippen LogP contribution < -0.4 is 16.0 Å². The van der Waals surface area contributed by atoms with E-state index in [1.807, 2.05) is 11.0 Å². The number of nitrogens with one attached hydrogen (secondary N) is 3. The fourth-order valence-corrected chi connectivity index (χ4v) is 10.5. The smallest absolute Gasteiger partial charge is 0.434 e. The number of hydrogen-bond acceptors (Lipinski definition) is 12. The fourth-order valence-electron chi connectivity index (χ4n) is 9.62. The van der Waals surface area contributed by atoms with Crippen LogP contribution in [0.25, 0.3) is 0 Å². The summed E-state index contributed by atoms with van der Waals surface area (Å²) in [6, 6.07) is 7.33. The van der Waals surface area contributed by atoms with Gasteiger partial charge >= 0.3 is 12.2 Å². The van der Waals surface area contributed by atoms with Crippen molar-refractivity contribution in [2.75, 3.05) is 59.1 Å². The van der Waals surface area contributed by atoms with Crippen LogP contribution in [0.2, 0.25) is 0 Å². The van der Waals surface area contributed by atoms with Gasteiger partial charge in [-0.25, -0.2) is 13.8 Å². The summed E-state index contributed by atoms with van der Waals surface area (Å²) in [6.07, 6.45) is 6.81. The van der Waals surface area contributed by atoms with Crippen LogP contribution in [0.3, 0.4) is 0 Å². The number of carbonyl (C=O) groups is 5. The third-order valence-electron chi connectivity index (χ3n) is 12.7. The van der Waals surface area contributed by atoms with Gasteiger partial charge in [-0.15, -0.1) is 0 Å². The van der Waals surface area contributed by atoms with E-state index < -0.39 is 52.1 Å². The van der Waals surface area contributed by atoms with Crippen molar-refractivity contribution < 1.29 is 56.9 Å². The Balaban J connectivity index is 1.04. The third-order valence-corrected chi connectivity index (χ3v) is 13.9. The van der Waals surface area contributed by atoms with Crippen molar-refractivity contribution in [2.45, 2.75) is 126 Å². The molecule has 1 aromatic carbocycles. The van der Waals surface area contributed by atoms with Crippen molar-refractivity contribution in [3.05, 3.63) is 41.8 Å². The van der Waals surface area contributed by atoms with Gasteiger partial charge in [0.1, 0.15) is 18.2 Å². The van der Waals surface area contributed by atoms with Crippen molar-refractivity contribution in [3.8, 4) is 0 Å². The number of morpholine rings is 1. The number of rotatable bonds is 19. The lowest BCUT2D eigenvalue weighted by atomic mass is 9.62. The molecule has 63 heavy (non-hydrogen) atoms. The molecule has 5 amide bonds. The summed E-state index contributed by atoms with van der Waals surface area (Å²) in [5.74, 6) is -1.72. The average molecular weight is 902 g/mol. The second-order valence-corrected chi connectivity index (χ2v) is 19.7. The highest BCUT2D eigenvalue weighted by molar-refractivity contribution is 7.88. The number of benzene rings is 1. The molecule has 8 atom stereocenters. The van der Waals surface area contributed by atoms with E-state index in [2.05, 4.69) is 29.8 Å². The molecule has 3 saturated heterocycles. The Labute approximate surface area is 373 Å². The molecule has 2 bridgehead atoms. The summed E-state index contributed by atoms with van der Waals surface area (Å²) >= 11 is 0. The van der Waals surface area contributed by atoms with Crippen LogP contribution >= 0.6 is 0 Å². The first-order chi connectivity index (χ1) is 30.2. The molecule has 1 spiro atoms. The molecule has 1 aromatic rings. The largest absolute Gasteiger partial charge is 0.508 e. The Hall–Kier alpha value is -4.10. The molecule has 3 aliphatic heterocycles. The molecule has 2 saturated carbocycles. The predicted octanol–water partition coefficient (Wildman–Crippen LogP) is 4.92. The topological polar surface area (TPSA) is 200 Å². The minimum atomic E-state index is -1.41. The molecule has 8 unspecified atom stereocenters. The Morgan fingerprint density at radius 3 is 2.52 bits per heavy atom. The molecule has 5 aliphatic rings. The van der Waals surface area contributed by atoms with Crippen LogP contribution in [0.1, 0.15) is 98.3 Å². The first kappa shape index (κ1) is 48.4. The summed E-state index contributed by atoms with van der Waals surface area (Å²) in [5.41, 5.74) is -1.29. The fraction of sp³-hybridized carbons (Fsp3) is 0.711. The van der Waals surface area contributed by atoms with E-state index in [9.17, 15) is 28.2 Å². The molecular formula is C45H67N5O12S. The Morgan fingerprint density at radius 2 is 1.78 bits per heavy atom. The van der Waals surface area contributed by atoms with Crippen molar-refractivity contribution in [1.29, 1.82) is 0 Å². The molecule has 5 fully saturated rings. The number of carbonyl (C=O) groups excluding carboxylic acids is 5. The molecule has 3 heterocycles. The number of likely N-dealkylation sites (tertiary alicyclic amines) is 1. The Bertz CT molecular complexity index is 1790. The molecule has 0 radical (unpaired) electrons. The lowest BCUT2D eigenvalue weighted by Gasteiger charge is -2.50. The Kier molecular flexibility index (Phi) is 17.0. The van der Waals surface area contributed by atoms with Crippen LogP contribution in [0.5, 0.6) is 0 Å². The zero-order valence-electron chi connectivity index (χ0n) is 37.3. The molecule has 2 aliphatic carbocycles. The van der Waals surface area contributed by atoms with Gasteiger partial charge in [0.2, 0.25) is 29.3 Å². The van der Waals surface area contributed by atoms with Crippen molar-refractivity contribution in [3.63, 3.8) is 0 Å². The third kappa shape index (κ3) is 13.5. The zero-order chi connectivity index (χ0) is 45.0. The predicted molar refractivity (Wildman–Crippen MR) is 231 cm³/mol. The van der Waals surface area contributed by atoms with Crippen LogP contribution in [-0.4, -0.2) is 126 Å². The lowest BCUT2D eigenvalue weighted by Crippen LogP contribution is -2.55. The minimum absolute atomic E-state index is 0.0348. The number of urea groups is 1. The summed E-state index contributed by atoms with van der Waals surface area (Å²) < 4.78 is 36.2. The second kappa shape index (κ2) is 22.2. The van der Waals surface area contributed by atoms with E-state index in [-0.39, 0.29) is 62.5 Å². The molecule has 18 heteroatoms. The van der Waals surface area contributed by atoms with E-state index in [0.717, 1.165) is 32.2 Å². The normalized spacial score (nSPS) is 28.2. The Morgan fingerprint density at radius 1 is 1.00 bits per heavy atom. The standard InChI is InChI=1S/C45H67N5O12S/c1-32-27-34-29-33(2)45(35(28-32)30-34)60-44(61-62-45,15-14-38(51)46-17-9-20-49-19-8-13-39(49)52)16-23-58-42(55)59-43(3,4)31-37(48-41(54)50-21-24-57-25-22-50)40(53)47-18-10-26-63(56)36-11-6-5-7-12-36/h5-7,10-12,26,32-35,37H,8-9,13-25,27-31H2,1-4H3,(H,46,51)(H,47,53)(H,48,54)/b26-10+. The monoisotopic (exact) mass is 901 g/mol. The van der Waals surface area contributed by atoms with Gasteiger partial charge in [0.15, 0.2) is 0 Å². The average Bonchev–Trinajstić information content (AvgIpc) is 3.86. The lowest BCUT2D eigenvalue weighted by molar-refractivity contribution is -0.379. The summed E-state index contributed by atoms with van der Waals surface area (Å²) in [7, 11) is -1.41. The molecule has 17 nitrogen and oxygen atoms in total. The summed E-state index contributed by atoms with van der Waals surface area (Å²) in [4.78, 5) is 81.5. The van der Waals surface area contributed by atoms with Crippen LogP contribution in [0, 0.1) is 23.7 Å². The molecular weight excluding hydrogens is 835 g/mol. The summed E-state index contributed by atoms with van der Waals surface area (Å²) in [6.45, 7) is 10.7. The van der Waals surface area contributed by atoms with Gasteiger partial charge < -0.3 is 44.7 Å². The number of ether oxygens (including phenoxy) is 4. The number of amides is 5. The summed E-state index contributed by atoms with van der Waals surface area (Å²) in [5, 5.41) is 9.98. The van der Waals surface area contributed by atoms with Gasteiger partial charge in [-0.3, -0.25) is 14.4 Å². The minimum Gasteiger partial charge on any atom is -0.434 e. The van der Waals surface area contributed by atoms with Gasteiger partial charge in [0.05, 0.1) is 24.0 Å². The highest BCUT2D eigenvalue weighted by atomic mass is 32.2. The second-order valence-electron chi connectivity index (χ2n) is 18.3. The number of nitrogens with zero attached hydrogens (tertiary/aromatic N) is 2. The van der Waals surface area contributed by atoms with E-state index in [1.165, 1.54) is 11.8 Å². The molecule has 3 N–H and O–H groups in total. The van der Waals surface area contributed by atoms with Crippen molar-refractivity contribution in [2.24, 2.45) is 23.7 Å². The number of fused-ring (bicyclic) bond motifs is 3. The van der Waals surface area contributed by atoms with Crippen LogP contribution in [0.4, 0.5) is 9.59 Å². The first-order valence-electron chi connectivity index (χ1n) is 22.7. The molecule has 350 valence electrons. The van der Waals surface area contributed by atoms with Gasteiger partial charge in [-0.1, -0.05) is 38.1 Å². The molecule has 0 aromatic heterocycles. The van der Waals surface area contributed by atoms with E-state index >= 15 is 0 Å².